The third-order valence-electron chi connectivity index (χ3n) is 3.98. The average molecular weight is 433 g/mol. The van der Waals surface area contributed by atoms with Crippen LogP contribution in [-0.4, -0.2) is 25.9 Å². The number of allylic oxidation sites excluding steroid dienone is 6. The topological polar surface area (TPSA) is 64.3 Å². The Kier molecular flexibility index (Phi) is 6.68. The van der Waals surface area contributed by atoms with Gasteiger partial charge in [-0.1, -0.05) is 25.2 Å². The minimum atomic E-state index is -4.75. The summed E-state index contributed by atoms with van der Waals surface area (Å²) in [7, 11) is 0. The smallest absolute Gasteiger partial charge is 0.411 e. The van der Waals surface area contributed by atoms with E-state index in [-0.39, 0.29) is 11.4 Å². The lowest BCUT2D eigenvalue weighted by Gasteiger charge is -2.11. The molecule has 3 aromatic heterocycles. The lowest BCUT2D eigenvalue weighted by atomic mass is 10.2. The van der Waals surface area contributed by atoms with Crippen molar-refractivity contribution >= 4 is 22.6 Å². The van der Waals surface area contributed by atoms with Crippen molar-refractivity contribution in [3.8, 4) is 0 Å². The summed E-state index contributed by atoms with van der Waals surface area (Å²) in [6.45, 7) is 3.11. The molecule has 31 heavy (non-hydrogen) atoms. The number of aromatic nitrogens is 4. The number of pyridine rings is 1. The maximum Gasteiger partial charge on any atom is 0.572 e. The molecule has 10 heteroatoms. The van der Waals surface area contributed by atoms with E-state index in [4.69, 9.17) is 0 Å². The van der Waals surface area contributed by atoms with Gasteiger partial charge in [0.05, 0.1) is 11.9 Å². The first kappa shape index (κ1) is 22.0. The molecule has 3 rings (SSSR count). The second kappa shape index (κ2) is 9.41. The SMILES string of the molecule is CC/C=C(/C=C\C=C(/C)OC(F)(F)F)c1nc(Nc2ccncc2F)c2cccn2n1. The minimum Gasteiger partial charge on any atom is -0.411 e. The van der Waals surface area contributed by atoms with E-state index in [1.54, 1.807) is 28.9 Å². The van der Waals surface area contributed by atoms with E-state index in [0.29, 0.717) is 29.2 Å². The van der Waals surface area contributed by atoms with Crippen LogP contribution in [0.4, 0.5) is 29.1 Å². The molecule has 0 aromatic carbocycles. The molecule has 0 aliphatic carbocycles. The molecule has 0 unspecified atom stereocenters. The van der Waals surface area contributed by atoms with E-state index in [1.165, 1.54) is 31.3 Å². The molecule has 0 radical (unpaired) electrons. The van der Waals surface area contributed by atoms with Gasteiger partial charge in [-0.2, -0.15) is 0 Å². The van der Waals surface area contributed by atoms with Crippen LogP contribution in [0.5, 0.6) is 0 Å². The molecular formula is C21H19F4N5O. The first-order chi connectivity index (χ1) is 14.8. The van der Waals surface area contributed by atoms with E-state index >= 15 is 0 Å². The molecule has 0 spiro atoms. The maximum atomic E-state index is 14.0. The molecular weight excluding hydrogens is 414 g/mol. The van der Waals surface area contributed by atoms with Crippen molar-refractivity contribution in [2.24, 2.45) is 0 Å². The number of ether oxygens (including phenoxy) is 1. The number of halogens is 4. The van der Waals surface area contributed by atoms with Gasteiger partial charge in [-0.05, 0) is 37.6 Å². The highest BCUT2D eigenvalue weighted by molar-refractivity contribution is 5.77. The van der Waals surface area contributed by atoms with Gasteiger partial charge >= 0.3 is 6.36 Å². The van der Waals surface area contributed by atoms with Gasteiger partial charge in [0.1, 0.15) is 11.3 Å². The van der Waals surface area contributed by atoms with E-state index in [1.807, 2.05) is 13.0 Å². The normalized spacial score (nSPS) is 13.2. The lowest BCUT2D eigenvalue weighted by Crippen LogP contribution is -2.11. The number of nitrogens with zero attached hydrogens (tertiary/aromatic N) is 4. The molecule has 0 saturated heterocycles. The van der Waals surface area contributed by atoms with E-state index < -0.39 is 12.2 Å². The van der Waals surface area contributed by atoms with Gasteiger partial charge in [-0.25, -0.2) is 13.9 Å². The first-order valence-electron chi connectivity index (χ1n) is 9.30. The Morgan fingerprint density at radius 2 is 2.10 bits per heavy atom. The van der Waals surface area contributed by atoms with Crippen LogP contribution in [0.2, 0.25) is 0 Å². The van der Waals surface area contributed by atoms with Crippen LogP contribution in [0.1, 0.15) is 26.1 Å². The van der Waals surface area contributed by atoms with Crippen molar-refractivity contribution in [3.63, 3.8) is 0 Å². The van der Waals surface area contributed by atoms with Crippen LogP contribution in [-0.2, 0) is 4.74 Å². The number of fused-ring (bicyclic) bond motifs is 1. The molecule has 0 fully saturated rings. The highest BCUT2D eigenvalue weighted by Crippen LogP contribution is 2.24. The van der Waals surface area contributed by atoms with E-state index in [9.17, 15) is 17.6 Å². The molecule has 0 bridgehead atoms. The maximum absolute atomic E-state index is 14.0. The Morgan fingerprint density at radius 3 is 2.81 bits per heavy atom. The van der Waals surface area contributed by atoms with Gasteiger partial charge in [0.2, 0.25) is 0 Å². The van der Waals surface area contributed by atoms with Crippen LogP contribution in [0.3, 0.4) is 0 Å². The van der Waals surface area contributed by atoms with Gasteiger partial charge in [-0.15, -0.1) is 18.3 Å². The first-order valence-corrected chi connectivity index (χ1v) is 9.30. The highest BCUT2D eigenvalue weighted by Gasteiger charge is 2.30. The number of anilines is 2. The van der Waals surface area contributed by atoms with Crippen molar-refractivity contribution in [2.45, 2.75) is 26.6 Å². The summed E-state index contributed by atoms with van der Waals surface area (Å²) in [6, 6.07) is 5.01. The predicted molar refractivity (Wildman–Crippen MR) is 109 cm³/mol. The van der Waals surface area contributed by atoms with Crippen LogP contribution >= 0.6 is 0 Å². The van der Waals surface area contributed by atoms with Crippen molar-refractivity contribution in [2.75, 3.05) is 5.32 Å². The molecule has 1 N–H and O–H groups in total. The Labute approximate surface area is 175 Å². The Balaban J connectivity index is 1.96. The summed E-state index contributed by atoms with van der Waals surface area (Å²) < 4.78 is 56.3. The van der Waals surface area contributed by atoms with Gasteiger partial charge in [0.15, 0.2) is 17.5 Å². The van der Waals surface area contributed by atoms with Gasteiger partial charge in [0.25, 0.3) is 0 Å². The molecule has 6 nitrogen and oxygen atoms in total. The van der Waals surface area contributed by atoms with Crippen molar-refractivity contribution < 1.29 is 22.3 Å². The number of alkyl halides is 3. The van der Waals surface area contributed by atoms with Crippen LogP contribution in [0, 0.1) is 5.82 Å². The van der Waals surface area contributed by atoms with Crippen LogP contribution < -0.4 is 5.32 Å². The Morgan fingerprint density at radius 1 is 1.29 bits per heavy atom. The second-order valence-electron chi connectivity index (χ2n) is 6.35. The minimum absolute atomic E-state index is 0.196. The molecule has 3 heterocycles. The summed E-state index contributed by atoms with van der Waals surface area (Å²) >= 11 is 0. The molecule has 0 atom stereocenters. The van der Waals surface area contributed by atoms with Gasteiger partial charge in [0, 0.05) is 18.0 Å². The third-order valence-corrected chi connectivity index (χ3v) is 3.98. The number of hydrogen-bond acceptors (Lipinski definition) is 5. The third kappa shape index (κ3) is 5.91. The van der Waals surface area contributed by atoms with Crippen LogP contribution in [0.15, 0.2) is 66.9 Å². The number of hydrogen-bond donors (Lipinski definition) is 1. The van der Waals surface area contributed by atoms with E-state index in [0.717, 1.165) is 6.20 Å². The highest BCUT2D eigenvalue weighted by atomic mass is 19.4. The molecule has 0 aliphatic rings. The molecule has 0 aliphatic heterocycles. The lowest BCUT2D eigenvalue weighted by molar-refractivity contribution is -0.305. The van der Waals surface area contributed by atoms with Crippen molar-refractivity contribution in [1.82, 2.24) is 19.6 Å². The second-order valence-corrected chi connectivity index (χ2v) is 6.35. The predicted octanol–water partition coefficient (Wildman–Crippen LogP) is 5.80. The average Bonchev–Trinajstić information content (AvgIpc) is 3.16. The Bertz CT molecular complexity index is 1150. The fourth-order valence-electron chi connectivity index (χ4n) is 2.71. The monoisotopic (exact) mass is 433 g/mol. The Hall–Kier alpha value is -3.69. The molecule has 162 valence electrons. The van der Waals surface area contributed by atoms with Gasteiger partial charge < -0.3 is 10.1 Å². The van der Waals surface area contributed by atoms with Crippen LogP contribution in [0.25, 0.3) is 11.1 Å². The van der Waals surface area contributed by atoms with Crippen molar-refractivity contribution in [3.05, 3.63) is 78.5 Å². The van der Waals surface area contributed by atoms with Crippen molar-refractivity contribution in [1.29, 1.82) is 0 Å². The zero-order valence-corrected chi connectivity index (χ0v) is 16.7. The van der Waals surface area contributed by atoms with Gasteiger partial charge in [-0.3, -0.25) is 4.98 Å². The number of rotatable bonds is 7. The summed E-state index contributed by atoms with van der Waals surface area (Å²) in [5.74, 6) is -0.178. The quantitative estimate of drug-likeness (QED) is 0.290. The fourth-order valence-corrected chi connectivity index (χ4v) is 2.71. The molecule has 0 amide bonds. The molecule has 0 saturated carbocycles. The summed E-state index contributed by atoms with van der Waals surface area (Å²) in [5, 5.41) is 7.39. The summed E-state index contributed by atoms with van der Waals surface area (Å²) in [6.07, 6.45) is 6.15. The summed E-state index contributed by atoms with van der Waals surface area (Å²) in [5.41, 5.74) is 1.39. The zero-order valence-electron chi connectivity index (χ0n) is 16.7. The standard InChI is InChI=1S/C21H19F4N5O/c1-3-6-15(8-4-7-14(2)31-21(23,24)25)19-28-20(18-9-5-12-30(18)29-19)27-17-10-11-26-13-16(17)22/h4-13H,3H2,1-2H3,(H,26,27,28,29)/b8-4-,14-7+,15-6-. The summed E-state index contributed by atoms with van der Waals surface area (Å²) in [4.78, 5) is 8.23. The fraction of sp³-hybridized carbons (Fsp3) is 0.190. The zero-order chi connectivity index (χ0) is 22.4. The molecule has 3 aromatic rings. The number of nitrogens with one attached hydrogen (secondary N) is 1. The van der Waals surface area contributed by atoms with E-state index in [2.05, 4.69) is 25.1 Å². The largest absolute Gasteiger partial charge is 0.572 e.